The van der Waals surface area contributed by atoms with E-state index in [0.717, 1.165) is 25.8 Å². The van der Waals surface area contributed by atoms with Gasteiger partial charge in [-0.1, -0.05) is 11.5 Å². The van der Waals surface area contributed by atoms with Crippen LogP contribution >= 0.6 is 0 Å². The standard InChI is InChI=1S/C8H16N6O2S/c1-14-11-8(10-13-14)12-17(15,16)6-7-4-2-3-5-9-7/h7,9H,2-6H2,1H3,(H,11,12). The first-order valence-electron chi connectivity index (χ1n) is 5.53. The second-order valence-electron chi connectivity index (χ2n) is 4.13. The first-order chi connectivity index (χ1) is 8.05. The van der Waals surface area contributed by atoms with Crippen molar-refractivity contribution in [1.82, 2.24) is 25.5 Å². The normalized spacial score (nSPS) is 21.4. The average Bonchev–Trinajstić information content (AvgIpc) is 2.63. The summed E-state index contributed by atoms with van der Waals surface area (Å²) in [7, 11) is -1.83. The Kier molecular flexibility index (Phi) is 3.57. The molecule has 0 amide bonds. The van der Waals surface area contributed by atoms with E-state index in [2.05, 4.69) is 25.4 Å². The summed E-state index contributed by atoms with van der Waals surface area (Å²) in [5, 5.41) is 14.1. The second kappa shape index (κ2) is 4.96. The third-order valence-electron chi connectivity index (χ3n) is 2.59. The molecule has 2 rings (SSSR count). The van der Waals surface area contributed by atoms with E-state index in [-0.39, 0.29) is 17.7 Å². The number of tetrazole rings is 1. The predicted molar refractivity (Wildman–Crippen MR) is 61.8 cm³/mol. The van der Waals surface area contributed by atoms with E-state index >= 15 is 0 Å². The first kappa shape index (κ1) is 12.2. The van der Waals surface area contributed by atoms with Crippen molar-refractivity contribution in [2.75, 3.05) is 17.0 Å². The molecule has 1 fully saturated rings. The fourth-order valence-corrected chi connectivity index (χ4v) is 3.09. The third kappa shape index (κ3) is 3.63. The molecule has 96 valence electrons. The Balaban J connectivity index is 1.94. The van der Waals surface area contributed by atoms with Crippen LogP contribution in [0.4, 0.5) is 5.95 Å². The van der Waals surface area contributed by atoms with Gasteiger partial charge in [-0.2, -0.15) is 4.80 Å². The van der Waals surface area contributed by atoms with Gasteiger partial charge in [0.05, 0.1) is 12.8 Å². The van der Waals surface area contributed by atoms with Gasteiger partial charge in [-0.15, -0.1) is 5.10 Å². The minimum atomic E-state index is -3.41. The van der Waals surface area contributed by atoms with Crippen molar-refractivity contribution in [2.24, 2.45) is 7.05 Å². The first-order valence-corrected chi connectivity index (χ1v) is 7.18. The molecule has 1 unspecified atom stereocenters. The highest BCUT2D eigenvalue weighted by atomic mass is 32.2. The average molecular weight is 260 g/mol. The molecule has 0 radical (unpaired) electrons. The molecule has 0 bridgehead atoms. The van der Waals surface area contributed by atoms with Gasteiger partial charge in [0.1, 0.15) is 0 Å². The highest BCUT2D eigenvalue weighted by Gasteiger charge is 2.22. The lowest BCUT2D eigenvalue weighted by Crippen LogP contribution is -2.40. The number of nitrogens with zero attached hydrogens (tertiary/aromatic N) is 4. The summed E-state index contributed by atoms with van der Waals surface area (Å²) < 4.78 is 25.9. The van der Waals surface area contributed by atoms with Crippen LogP contribution in [0.3, 0.4) is 0 Å². The van der Waals surface area contributed by atoms with Gasteiger partial charge in [-0.05, 0) is 24.6 Å². The maximum Gasteiger partial charge on any atom is 0.276 e. The Bertz CT molecular complexity index is 464. The Morgan fingerprint density at radius 3 is 2.94 bits per heavy atom. The molecule has 2 heterocycles. The Hall–Kier alpha value is -1.22. The third-order valence-corrected chi connectivity index (χ3v) is 3.92. The predicted octanol–water partition coefficient (Wildman–Crippen LogP) is -0.906. The molecule has 0 aromatic carbocycles. The van der Waals surface area contributed by atoms with Crippen LogP contribution in [0, 0.1) is 0 Å². The molecule has 2 N–H and O–H groups in total. The molecule has 9 heteroatoms. The van der Waals surface area contributed by atoms with Crippen LogP contribution in [0.25, 0.3) is 0 Å². The van der Waals surface area contributed by atoms with Crippen LogP contribution in [-0.2, 0) is 17.1 Å². The Labute approximate surface area is 99.8 Å². The number of aryl methyl sites for hydroxylation is 1. The van der Waals surface area contributed by atoms with Gasteiger partial charge in [0.25, 0.3) is 5.95 Å². The summed E-state index contributed by atoms with van der Waals surface area (Å²) in [6.45, 7) is 0.879. The minimum Gasteiger partial charge on any atom is -0.313 e. The lowest BCUT2D eigenvalue weighted by molar-refractivity contribution is 0.424. The zero-order chi connectivity index (χ0) is 12.3. The van der Waals surface area contributed by atoms with E-state index in [4.69, 9.17) is 0 Å². The number of anilines is 1. The van der Waals surface area contributed by atoms with Gasteiger partial charge in [0.2, 0.25) is 10.0 Å². The van der Waals surface area contributed by atoms with Crippen LogP contribution in [-0.4, -0.2) is 47.0 Å². The highest BCUT2D eigenvalue weighted by molar-refractivity contribution is 7.92. The van der Waals surface area contributed by atoms with Crippen molar-refractivity contribution in [2.45, 2.75) is 25.3 Å². The second-order valence-corrected chi connectivity index (χ2v) is 5.90. The number of aromatic nitrogens is 4. The summed E-state index contributed by atoms with van der Waals surface area (Å²) in [5.41, 5.74) is 0. The van der Waals surface area contributed by atoms with Crippen LogP contribution in [0.5, 0.6) is 0 Å². The molecular formula is C8H16N6O2S. The van der Waals surface area contributed by atoms with Crippen LogP contribution in [0.15, 0.2) is 0 Å². The van der Waals surface area contributed by atoms with E-state index in [9.17, 15) is 8.42 Å². The van der Waals surface area contributed by atoms with E-state index in [0.29, 0.717) is 0 Å². The van der Waals surface area contributed by atoms with Crippen molar-refractivity contribution in [3.63, 3.8) is 0 Å². The lowest BCUT2D eigenvalue weighted by atomic mass is 10.1. The summed E-state index contributed by atoms with van der Waals surface area (Å²) >= 11 is 0. The van der Waals surface area contributed by atoms with Gasteiger partial charge in [0, 0.05) is 6.04 Å². The molecule has 0 spiro atoms. The van der Waals surface area contributed by atoms with Crippen LogP contribution < -0.4 is 10.0 Å². The number of sulfonamides is 1. The molecule has 1 aromatic rings. The van der Waals surface area contributed by atoms with Gasteiger partial charge in [-0.25, -0.2) is 13.1 Å². The van der Waals surface area contributed by atoms with Crippen LogP contribution in [0.2, 0.25) is 0 Å². The van der Waals surface area contributed by atoms with Gasteiger partial charge >= 0.3 is 0 Å². The van der Waals surface area contributed by atoms with E-state index in [1.165, 1.54) is 4.80 Å². The quantitative estimate of drug-likeness (QED) is 0.727. The van der Waals surface area contributed by atoms with Crippen LogP contribution in [0.1, 0.15) is 19.3 Å². The number of nitrogens with one attached hydrogen (secondary N) is 2. The molecule has 0 saturated carbocycles. The van der Waals surface area contributed by atoms with E-state index in [1.54, 1.807) is 7.05 Å². The number of piperidine rings is 1. The van der Waals surface area contributed by atoms with Gasteiger partial charge < -0.3 is 5.32 Å². The minimum absolute atomic E-state index is 0.0120. The Morgan fingerprint density at radius 1 is 1.53 bits per heavy atom. The maximum atomic E-state index is 11.8. The molecule has 1 aromatic heterocycles. The monoisotopic (exact) mass is 260 g/mol. The SMILES string of the molecule is Cn1nnc(NS(=O)(=O)CC2CCCCN2)n1. The zero-order valence-electron chi connectivity index (χ0n) is 9.63. The number of rotatable bonds is 4. The molecule has 17 heavy (non-hydrogen) atoms. The molecule has 8 nitrogen and oxygen atoms in total. The molecular weight excluding hydrogens is 244 g/mol. The lowest BCUT2D eigenvalue weighted by Gasteiger charge is -2.22. The summed E-state index contributed by atoms with van der Waals surface area (Å²) in [4.78, 5) is 1.21. The molecule has 1 aliphatic heterocycles. The summed E-state index contributed by atoms with van der Waals surface area (Å²) in [5.74, 6) is 0.0638. The molecule has 1 atom stereocenters. The van der Waals surface area contributed by atoms with E-state index < -0.39 is 10.0 Å². The topological polar surface area (TPSA) is 102 Å². The molecule has 1 saturated heterocycles. The fraction of sp³-hybridized carbons (Fsp3) is 0.875. The zero-order valence-corrected chi connectivity index (χ0v) is 10.4. The highest BCUT2D eigenvalue weighted by Crippen LogP contribution is 2.10. The Morgan fingerprint density at radius 2 is 2.35 bits per heavy atom. The van der Waals surface area contributed by atoms with Crippen molar-refractivity contribution in [3.05, 3.63) is 0 Å². The van der Waals surface area contributed by atoms with Gasteiger partial charge in [0.15, 0.2) is 0 Å². The van der Waals surface area contributed by atoms with E-state index in [1.807, 2.05) is 0 Å². The van der Waals surface area contributed by atoms with Crippen molar-refractivity contribution in [3.8, 4) is 0 Å². The largest absolute Gasteiger partial charge is 0.313 e. The van der Waals surface area contributed by atoms with Gasteiger partial charge in [-0.3, -0.25) is 0 Å². The van der Waals surface area contributed by atoms with Crippen molar-refractivity contribution < 1.29 is 8.42 Å². The maximum absolute atomic E-state index is 11.8. The number of hydrogen-bond acceptors (Lipinski definition) is 6. The van der Waals surface area contributed by atoms with Crippen molar-refractivity contribution >= 4 is 16.0 Å². The summed E-state index contributed by atoms with van der Waals surface area (Å²) in [6, 6.07) is 0.0120. The number of hydrogen-bond donors (Lipinski definition) is 2. The smallest absolute Gasteiger partial charge is 0.276 e. The fourth-order valence-electron chi connectivity index (χ4n) is 1.84. The molecule has 0 aliphatic carbocycles. The summed E-state index contributed by atoms with van der Waals surface area (Å²) in [6.07, 6.45) is 3.06. The van der Waals surface area contributed by atoms with Crippen molar-refractivity contribution in [1.29, 1.82) is 0 Å². The molecule has 1 aliphatic rings.